The van der Waals surface area contributed by atoms with Gasteiger partial charge in [-0.3, -0.25) is 0 Å². The van der Waals surface area contributed by atoms with Crippen molar-refractivity contribution in [1.82, 2.24) is 4.90 Å². The molecule has 0 unspecified atom stereocenters. The predicted molar refractivity (Wildman–Crippen MR) is 58.1 cm³/mol. The Bertz CT molecular complexity index is 227. The van der Waals surface area contributed by atoms with Gasteiger partial charge in [-0.1, -0.05) is 24.3 Å². The average molecular weight is 177 g/mol. The SMILES string of the molecule is CN(C)C.c1ccc2c(c1)CCC2. The molecule has 0 aliphatic heterocycles. The van der Waals surface area contributed by atoms with Crippen molar-refractivity contribution in [2.24, 2.45) is 0 Å². The van der Waals surface area contributed by atoms with Crippen molar-refractivity contribution in [3.05, 3.63) is 35.4 Å². The third kappa shape index (κ3) is 3.60. The van der Waals surface area contributed by atoms with E-state index in [2.05, 4.69) is 24.3 Å². The zero-order valence-electron chi connectivity index (χ0n) is 8.88. The zero-order chi connectivity index (χ0) is 9.68. The van der Waals surface area contributed by atoms with Crippen LogP contribution in [-0.4, -0.2) is 26.0 Å². The summed E-state index contributed by atoms with van der Waals surface area (Å²) in [7, 11) is 6.00. The molecule has 1 aromatic rings. The van der Waals surface area contributed by atoms with Crippen molar-refractivity contribution in [2.45, 2.75) is 19.3 Å². The fourth-order valence-electron chi connectivity index (χ4n) is 1.51. The van der Waals surface area contributed by atoms with Gasteiger partial charge in [0.1, 0.15) is 0 Å². The van der Waals surface area contributed by atoms with Crippen molar-refractivity contribution < 1.29 is 0 Å². The Kier molecular flexibility index (Phi) is 3.97. The van der Waals surface area contributed by atoms with E-state index in [4.69, 9.17) is 0 Å². The molecule has 0 saturated carbocycles. The highest BCUT2D eigenvalue weighted by molar-refractivity contribution is 5.30. The Morgan fingerprint density at radius 3 is 1.69 bits per heavy atom. The molecule has 0 fully saturated rings. The Morgan fingerprint density at radius 2 is 1.31 bits per heavy atom. The van der Waals surface area contributed by atoms with E-state index in [1.165, 1.54) is 19.3 Å². The van der Waals surface area contributed by atoms with Crippen molar-refractivity contribution in [3.63, 3.8) is 0 Å². The van der Waals surface area contributed by atoms with Crippen LogP contribution >= 0.6 is 0 Å². The van der Waals surface area contributed by atoms with E-state index in [1.807, 2.05) is 26.0 Å². The van der Waals surface area contributed by atoms with Crippen molar-refractivity contribution in [1.29, 1.82) is 0 Å². The topological polar surface area (TPSA) is 3.24 Å². The quantitative estimate of drug-likeness (QED) is 0.588. The summed E-state index contributed by atoms with van der Waals surface area (Å²) < 4.78 is 0. The van der Waals surface area contributed by atoms with Gasteiger partial charge in [0.05, 0.1) is 0 Å². The van der Waals surface area contributed by atoms with Crippen LogP contribution in [0.15, 0.2) is 24.3 Å². The van der Waals surface area contributed by atoms with Gasteiger partial charge in [0.15, 0.2) is 0 Å². The molecule has 1 aliphatic rings. The van der Waals surface area contributed by atoms with E-state index in [9.17, 15) is 0 Å². The summed E-state index contributed by atoms with van der Waals surface area (Å²) in [5, 5.41) is 0. The van der Waals surface area contributed by atoms with Gasteiger partial charge in [-0.25, -0.2) is 0 Å². The number of benzene rings is 1. The minimum Gasteiger partial charge on any atom is -0.312 e. The van der Waals surface area contributed by atoms with Crippen molar-refractivity contribution in [3.8, 4) is 0 Å². The maximum absolute atomic E-state index is 2.24. The first-order valence-corrected chi connectivity index (χ1v) is 4.88. The van der Waals surface area contributed by atoms with Crippen molar-refractivity contribution in [2.75, 3.05) is 21.1 Å². The summed E-state index contributed by atoms with van der Waals surface area (Å²) >= 11 is 0. The number of hydrogen-bond acceptors (Lipinski definition) is 1. The first-order valence-electron chi connectivity index (χ1n) is 4.88. The number of nitrogens with zero attached hydrogens (tertiary/aromatic N) is 1. The van der Waals surface area contributed by atoms with Crippen LogP contribution in [0.1, 0.15) is 17.5 Å². The number of aryl methyl sites for hydroxylation is 2. The van der Waals surface area contributed by atoms with E-state index in [1.54, 1.807) is 11.1 Å². The number of rotatable bonds is 0. The molecule has 0 radical (unpaired) electrons. The standard InChI is InChI=1S/C9H10.C3H9N/c1-2-5-9-7-3-6-8(9)4-1;1-4(2)3/h1-2,4-5H,3,6-7H2;1-3H3. The zero-order valence-corrected chi connectivity index (χ0v) is 8.88. The Labute approximate surface area is 81.4 Å². The van der Waals surface area contributed by atoms with Crippen LogP contribution in [0.5, 0.6) is 0 Å². The van der Waals surface area contributed by atoms with Crippen LogP contribution in [0.3, 0.4) is 0 Å². The molecule has 0 saturated heterocycles. The van der Waals surface area contributed by atoms with E-state index >= 15 is 0 Å². The molecule has 0 amide bonds. The lowest BCUT2D eigenvalue weighted by atomic mass is 10.1. The second kappa shape index (κ2) is 5.03. The van der Waals surface area contributed by atoms with Gasteiger partial charge in [0.25, 0.3) is 0 Å². The highest BCUT2D eigenvalue weighted by Gasteiger charge is 2.07. The van der Waals surface area contributed by atoms with Crippen molar-refractivity contribution >= 4 is 0 Å². The minimum atomic E-state index is 1.30. The highest BCUT2D eigenvalue weighted by atomic mass is 15.0. The third-order valence-corrected chi connectivity index (χ3v) is 2.01. The average Bonchev–Trinajstić information content (AvgIpc) is 2.49. The summed E-state index contributed by atoms with van der Waals surface area (Å²) in [4.78, 5) is 2.00. The third-order valence-electron chi connectivity index (χ3n) is 2.01. The maximum Gasteiger partial charge on any atom is -0.0140 e. The molecule has 1 aliphatic carbocycles. The summed E-state index contributed by atoms with van der Waals surface area (Å²) in [6.45, 7) is 0. The number of fused-ring (bicyclic) bond motifs is 1. The van der Waals surface area contributed by atoms with Crippen LogP contribution < -0.4 is 0 Å². The second-order valence-electron chi connectivity index (χ2n) is 3.96. The van der Waals surface area contributed by atoms with Crippen LogP contribution in [0.4, 0.5) is 0 Å². The van der Waals surface area contributed by atoms with Gasteiger partial charge in [0, 0.05) is 0 Å². The number of hydrogen-bond donors (Lipinski definition) is 0. The smallest absolute Gasteiger partial charge is 0.0140 e. The fraction of sp³-hybridized carbons (Fsp3) is 0.500. The molecule has 0 aromatic heterocycles. The molecule has 13 heavy (non-hydrogen) atoms. The molecule has 1 heteroatoms. The van der Waals surface area contributed by atoms with Crippen LogP contribution in [0, 0.1) is 0 Å². The molecule has 0 heterocycles. The lowest BCUT2D eigenvalue weighted by Gasteiger charge is -1.93. The maximum atomic E-state index is 2.24. The molecule has 0 atom stereocenters. The Balaban J connectivity index is 0.000000184. The molecule has 1 aromatic carbocycles. The Morgan fingerprint density at radius 1 is 0.923 bits per heavy atom. The van der Waals surface area contributed by atoms with Gasteiger partial charge in [-0.2, -0.15) is 0 Å². The lowest BCUT2D eigenvalue weighted by molar-refractivity contribution is 0.505. The summed E-state index contributed by atoms with van der Waals surface area (Å²) in [5.74, 6) is 0. The van der Waals surface area contributed by atoms with Gasteiger partial charge in [-0.15, -0.1) is 0 Å². The van der Waals surface area contributed by atoms with Crippen LogP contribution in [0.2, 0.25) is 0 Å². The first kappa shape index (κ1) is 10.3. The monoisotopic (exact) mass is 177 g/mol. The lowest BCUT2D eigenvalue weighted by Crippen LogP contribution is -1.99. The van der Waals surface area contributed by atoms with Gasteiger partial charge in [0.2, 0.25) is 0 Å². The van der Waals surface area contributed by atoms with Gasteiger partial charge >= 0.3 is 0 Å². The van der Waals surface area contributed by atoms with Gasteiger partial charge < -0.3 is 4.90 Å². The molecule has 0 bridgehead atoms. The molecular weight excluding hydrogens is 158 g/mol. The molecule has 1 nitrogen and oxygen atoms in total. The van der Waals surface area contributed by atoms with Crippen LogP contribution in [0.25, 0.3) is 0 Å². The normalized spacial score (nSPS) is 13.5. The highest BCUT2D eigenvalue weighted by Crippen LogP contribution is 2.20. The molecular formula is C12H19N. The molecule has 0 spiro atoms. The molecule has 0 N–H and O–H groups in total. The Hall–Kier alpha value is -0.820. The summed E-state index contributed by atoms with van der Waals surface area (Å²) in [5.41, 5.74) is 3.13. The second-order valence-corrected chi connectivity index (χ2v) is 3.96. The largest absolute Gasteiger partial charge is 0.312 e. The minimum absolute atomic E-state index is 1.30. The molecule has 2 rings (SSSR count). The summed E-state index contributed by atoms with van der Waals surface area (Å²) in [6, 6.07) is 8.74. The van der Waals surface area contributed by atoms with E-state index in [-0.39, 0.29) is 0 Å². The van der Waals surface area contributed by atoms with E-state index in [0.717, 1.165) is 0 Å². The predicted octanol–water partition coefficient (Wildman–Crippen LogP) is 2.35. The van der Waals surface area contributed by atoms with Gasteiger partial charge in [-0.05, 0) is 51.5 Å². The van der Waals surface area contributed by atoms with E-state index < -0.39 is 0 Å². The summed E-state index contributed by atoms with van der Waals surface area (Å²) in [6.07, 6.45) is 3.96. The van der Waals surface area contributed by atoms with E-state index in [0.29, 0.717) is 0 Å². The first-order chi connectivity index (χ1) is 6.20. The fourth-order valence-corrected chi connectivity index (χ4v) is 1.51. The molecule has 72 valence electrons. The van der Waals surface area contributed by atoms with Crippen LogP contribution in [-0.2, 0) is 12.8 Å².